The summed E-state index contributed by atoms with van der Waals surface area (Å²) in [6, 6.07) is 15.2. The van der Waals surface area contributed by atoms with Gasteiger partial charge in [0.05, 0.1) is 13.7 Å². The van der Waals surface area contributed by atoms with E-state index < -0.39 is 0 Å². The van der Waals surface area contributed by atoms with Gasteiger partial charge in [0.1, 0.15) is 5.75 Å². The summed E-state index contributed by atoms with van der Waals surface area (Å²) in [6.07, 6.45) is 0.878. The Kier molecular flexibility index (Phi) is 7.26. The minimum Gasteiger partial charge on any atom is -0.497 e. The van der Waals surface area contributed by atoms with Gasteiger partial charge in [-0.05, 0) is 30.2 Å². The molecular weight excluding hydrogens is 443 g/mol. The predicted octanol–water partition coefficient (Wildman–Crippen LogP) is 2.74. The number of nitrogens with zero attached hydrogens (tertiary/aromatic N) is 2. The van der Waals surface area contributed by atoms with Gasteiger partial charge in [0.25, 0.3) is 5.91 Å². The molecular formula is C19H23IN4O2. The molecule has 3 N–H and O–H groups in total. The van der Waals surface area contributed by atoms with Gasteiger partial charge in [0, 0.05) is 30.4 Å². The molecule has 26 heavy (non-hydrogen) atoms. The zero-order valence-corrected chi connectivity index (χ0v) is 17.0. The third kappa shape index (κ3) is 4.87. The lowest BCUT2D eigenvalue weighted by Gasteiger charge is -2.28. The van der Waals surface area contributed by atoms with Crippen LogP contribution in [0.2, 0.25) is 0 Å². The van der Waals surface area contributed by atoms with Crippen LogP contribution >= 0.6 is 24.0 Å². The largest absolute Gasteiger partial charge is 0.497 e. The molecule has 0 spiro atoms. The second-order valence-corrected chi connectivity index (χ2v) is 5.82. The van der Waals surface area contributed by atoms with Gasteiger partial charge in [-0.3, -0.25) is 9.79 Å². The van der Waals surface area contributed by atoms with E-state index in [9.17, 15) is 4.79 Å². The molecule has 0 fully saturated rings. The van der Waals surface area contributed by atoms with Crippen LogP contribution in [0.1, 0.15) is 15.9 Å². The first-order valence-corrected chi connectivity index (χ1v) is 8.25. The number of nitrogens with one attached hydrogen (secondary N) is 1. The number of guanidine groups is 1. The summed E-state index contributed by atoms with van der Waals surface area (Å²) in [4.78, 5) is 18.6. The molecule has 7 heteroatoms. The molecule has 3 rings (SSSR count). The molecule has 2 aromatic carbocycles. The van der Waals surface area contributed by atoms with E-state index in [1.165, 1.54) is 0 Å². The van der Waals surface area contributed by atoms with Crippen molar-refractivity contribution in [2.45, 2.75) is 6.42 Å². The summed E-state index contributed by atoms with van der Waals surface area (Å²) in [7, 11) is 1.62. The smallest absolute Gasteiger partial charge is 0.254 e. The third-order valence-electron chi connectivity index (χ3n) is 4.18. The highest BCUT2D eigenvalue weighted by Crippen LogP contribution is 2.18. The average Bonchev–Trinajstić information content (AvgIpc) is 2.64. The molecule has 0 unspecified atom stereocenters. The van der Waals surface area contributed by atoms with E-state index in [2.05, 4.69) is 10.3 Å². The summed E-state index contributed by atoms with van der Waals surface area (Å²) in [5, 5.41) is 3.03. The van der Waals surface area contributed by atoms with E-state index in [0.717, 1.165) is 29.0 Å². The number of methoxy groups -OCH3 is 1. The van der Waals surface area contributed by atoms with Crippen molar-refractivity contribution in [3.8, 4) is 5.75 Å². The number of hydrogen-bond acceptors (Lipinski definition) is 3. The Morgan fingerprint density at radius 1 is 1.27 bits per heavy atom. The molecule has 0 saturated heterocycles. The number of carbonyl (C=O) groups is 1. The molecule has 1 aliphatic rings. The maximum absolute atomic E-state index is 12.5. The Hall–Kier alpha value is -2.29. The minimum absolute atomic E-state index is 0. The van der Waals surface area contributed by atoms with Crippen molar-refractivity contribution < 1.29 is 9.53 Å². The molecule has 0 aromatic heterocycles. The molecule has 1 heterocycles. The summed E-state index contributed by atoms with van der Waals surface area (Å²) < 4.78 is 5.17. The quantitative estimate of drug-likeness (QED) is 0.404. The first-order valence-electron chi connectivity index (χ1n) is 8.25. The SMILES string of the molecule is COc1cccc(NC(N)=NCCN2CCc3ccccc3C2=O)c1.I. The monoisotopic (exact) mass is 466 g/mol. The van der Waals surface area contributed by atoms with Gasteiger partial charge in [0.15, 0.2) is 5.96 Å². The van der Waals surface area contributed by atoms with Crippen LogP contribution in [0.15, 0.2) is 53.5 Å². The standard InChI is InChI=1S/C19H22N4O2.HI/c1-25-16-7-4-6-15(13-16)22-19(20)21-10-12-23-11-9-14-5-2-3-8-17(14)18(23)24;/h2-8,13H,9-12H2,1H3,(H3,20,21,22);1H. The first-order chi connectivity index (χ1) is 12.2. The van der Waals surface area contributed by atoms with Crippen molar-refractivity contribution in [1.29, 1.82) is 0 Å². The van der Waals surface area contributed by atoms with Gasteiger partial charge in [0.2, 0.25) is 0 Å². The summed E-state index contributed by atoms with van der Waals surface area (Å²) in [5.41, 5.74) is 8.64. The van der Waals surface area contributed by atoms with Gasteiger partial charge in [-0.2, -0.15) is 0 Å². The lowest BCUT2D eigenvalue weighted by molar-refractivity contribution is 0.0745. The number of benzene rings is 2. The van der Waals surface area contributed by atoms with Crippen LogP contribution < -0.4 is 15.8 Å². The van der Waals surface area contributed by atoms with Gasteiger partial charge in [-0.25, -0.2) is 0 Å². The van der Waals surface area contributed by atoms with Gasteiger partial charge >= 0.3 is 0 Å². The second-order valence-electron chi connectivity index (χ2n) is 5.82. The maximum Gasteiger partial charge on any atom is 0.254 e. The highest BCUT2D eigenvalue weighted by atomic mass is 127. The zero-order chi connectivity index (χ0) is 17.6. The Morgan fingerprint density at radius 3 is 2.88 bits per heavy atom. The van der Waals surface area contributed by atoms with Gasteiger partial charge in [-0.15, -0.1) is 24.0 Å². The van der Waals surface area contributed by atoms with E-state index in [1.54, 1.807) is 7.11 Å². The van der Waals surface area contributed by atoms with Crippen LogP contribution in [0, 0.1) is 0 Å². The number of ether oxygens (including phenoxy) is 1. The van der Waals surface area contributed by atoms with Crippen LogP contribution in [-0.2, 0) is 6.42 Å². The molecule has 0 radical (unpaired) electrons. The maximum atomic E-state index is 12.5. The Labute approximate surface area is 170 Å². The van der Waals surface area contributed by atoms with Crippen LogP contribution in [-0.4, -0.2) is 43.5 Å². The average molecular weight is 466 g/mol. The Morgan fingerprint density at radius 2 is 2.08 bits per heavy atom. The summed E-state index contributed by atoms with van der Waals surface area (Å²) in [5.74, 6) is 1.13. The number of anilines is 1. The topological polar surface area (TPSA) is 80.0 Å². The van der Waals surface area contributed by atoms with Crippen LogP contribution in [0.3, 0.4) is 0 Å². The predicted molar refractivity (Wildman–Crippen MR) is 115 cm³/mol. The van der Waals surface area contributed by atoms with Crippen LogP contribution in [0.5, 0.6) is 5.75 Å². The van der Waals surface area contributed by atoms with E-state index in [4.69, 9.17) is 10.5 Å². The molecule has 0 atom stereocenters. The highest BCUT2D eigenvalue weighted by molar-refractivity contribution is 14.0. The number of rotatable bonds is 5. The number of hydrogen-bond donors (Lipinski definition) is 2. The fourth-order valence-electron chi connectivity index (χ4n) is 2.87. The fourth-order valence-corrected chi connectivity index (χ4v) is 2.87. The summed E-state index contributed by atoms with van der Waals surface area (Å²) >= 11 is 0. The second kappa shape index (κ2) is 9.42. The lowest BCUT2D eigenvalue weighted by Crippen LogP contribution is -2.39. The number of amides is 1. The fraction of sp³-hybridized carbons (Fsp3) is 0.263. The first kappa shape index (κ1) is 20.0. The number of carbonyl (C=O) groups excluding carboxylic acids is 1. The summed E-state index contributed by atoms with van der Waals surface area (Å²) in [6.45, 7) is 1.72. The lowest BCUT2D eigenvalue weighted by atomic mass is 9.99. The van der Waals surface area contributed by atoms with E-state index in [0.29, 0.717) is 25.6 Å². The van der Waals surface area contributed by atoms with Crippen molar-refractivity contribution in [3.05, 3.63) is 59.7 Å². The normalized spacial score (nSPS) is 13.7. The Bertz CT molecular complexity index is 795. The van der Waals surface area contributed by atoms with Gasteiger partial charge < -0.3 is 20.7 Å². The van der Waals surface area contributed by atoms with Crippen molar-refractivity contribution >= 4 is 41.5 Å². The number of aliphatic imine (C=N–C) groups is 1. The molecule has 0 bridgehead atoms. The van der Waals surface area contributed by atoms with Gasteiger partial charge in [-0.1, -0.05) is 24.3 Å². The number of nitrogens with two attached hydrogens (primary N) is 1. The molecule has 6 nitrogen and oxygen atoms in total. The number of fused-ring (bicyclic) bond motifs is 1. The zero-order valence-electron chi connectivity index (χ0n) is 14.6. The van der Waals surface area contributed by atoms with E-state index >= 15 is 0 Å². The minimum atomic E-state index is 0. The molecule has 1 aliphatic heterocycles. The highest BCUT2D eigenvalue weighted by Gasteiger charge is 2.23. The van der Waals surface area contributed by atoms with Crippen molar-refractivity contribution in [1.82, 2.24) is 4.90 Å². The van der Waals surface area contributed by atoms with Crippen molar-refractivity contribution in [2.24, 2.45) is 10.7 Å². The molecule has 2 aromatic rings. The molecule has 1 amide bonds. The van der Waals surface area contributed by atoms with Crippen molar-refractivity contribution in [3.63, 3.8) is 0 Å². The molecule has 138 valence electrons. The van der Waals surface area contributed by atoms with E-state index in [1.807, 2.05) is 53.4 Å². The van der Waals surface area contributed by atoms with Crippen molar-refractivity contribution in [2.75, 3.05) is 32.1 Å². The molecule has 0 aliphatic carbocycles. The Balaban J connectivity index is 0.00000243. The van der Waals surface area contributed by atoms with Crippen LogP contribution in [0.4, 0.5) is 5.69 Å². The van der Waals surface area contributed by atoms with Crippen LogP contribution in [0.25, 0.3) is 0 Å². The molecule has 0 saturated carbocycles. The number of halogens is 1. The third-order valence-corrected chi connectivity index (χ3v) is 4.18. The van der Waals surface area contributed by atoms with E-state index in [-0.39, 0.29) is 29.9 Å².